The average Bonchev–Trinajstić information content (AvgIpc) is 2.53. The van der Waals surface area contributed by atoms with Crippen molar-refractivity contribution in [2.75, 3.05) is 6.26 Å². The van der Waals surface area contributed by atoms with E-state index in [2.05, 4.69) is 27.0 Å². The van der Waals surface area contributed by atoms with Crippen LogP contribution in [0.15, 0.2) is 59.2 Å². The molecule has 0 radical (unpaired) electrons. The van der Waals surface area contributed by atoms with Gasteiger partial charge >= 0.3 is 0 Å². The summed E-state index contributed by atoms with van der Waals surface area (Å²) >= 11 is 3.51. The lowest BCUT2D eigenvalue weighted by atomic mass is 9.97. The maximum Gasteiger partial charge on any atom is 0.150 e. The van der Waals surface area contributed by atoms with Crippen LogP contribution < -0.4 is 0 Å². The molecule has 2 aromatic carbocycles. The lowest BCUT2D eigenvalue weighted by Gasteiger charge is -2.13. The van der Waals surface area contributed by atoms with Gasteiger partial charge in [0.2, 0.25) is 0 Å². The van der Waals surface area contributed by atoms with Crippen LogP contribution in [-0.2, 0) is 16.3 Å². The van der Waals surface area contributed by atoms with Crippen molar-refractivity contribution >= 4 is 36.7 Å². The monoisotopic (exact) mass is 403 g/mol. The van der Waals surface area contributed by atoms with Gasteiger partial charge < -0.3 is 0 Å². The van der Waals surface area contributed by atoms with Gasteiger partial charge in [-0.25, -0.2) is 8.42 Å². The number of rotatable bonds is 4. The lowest BCUT2D eigenvalue weighted by molar-refractivity contribution is 0.588. The predicted molar refractivity (Wildman–Crippen MR) is 103 cm³/mol. The molecule has 124 valence electrons. The van der Waals surface area contributed by atoms with Crippen molar-refractivity contribution in [3.63, 3.8) is 0 Å². The summed E-state index contributed by atoms with van der Waals surface area (Å²) in [4.78, 5) is 4.52. The number of hydrogen-bond acceptors (Lipinski definition) is 3. The topological polar surface area (TPSA) is 47.0 Å². The summed E-state index contributed by atoms with van der Waals surface area (Å²) in [7, 11) is -3.06. The summed E-state index contributed by atoms with van der Waals surface area (Å²) in [6.45, 7) is 1.75. The highest BCUT2D eigenvalue weighted by Gasteiger charge is 2.17. The minimum atomic E-state index is -3.06. The molecule has 24 heavy (non-hydrogen) atoms. The molecule has 1 atom stereocenters. The van der Waals surface area contributed by atoms with Gasteiger partial charge in [0.1, 0.15) is 9.84 Å². The zero-order chi connectivity index (χ0) is 17.3. The van der Waals surface area contributed by atoms with E-state index in [1.807, 2.05) is 42.5 Å². The van der Waals surface area contributed by atoms with Gasteiger partial charge in [-0.05, 0) is 54.8 Å². The zero-order valence-electron chi connectivity index (χ0n) is 13.5. The van der Waals surface area contributed by atoms with Gasteiger partial charge in [-0.15, -0.1) is 0 Å². The Morgan fingerprint density at radius 3 is 2.62 bits per heavy atom. The van der Waals surface area contributed by atoms with E-state index >= 15 is 0 Å². The maximum atomic E-state index is 11.8. The highest BCUT2D eigenvalue weighted by atomic mass is 79.9. The van der Waals surface area contributed by atoms with E-state index < -0.39 is 15.1 Å². The molecular weight excluding hydrogens is 386 g/mol. The quantitative estimate of drug-likeness (QED) is 0.637. The number of nitrogens with zero attached hydrogens (tertiary/aromatic N) is 1. The maximum absolute atomic E-state index is 11.8. The molecular formula is C19H18BrNO2S. The van der Waals surface area contributed by atoms with Gasteiger partial charge in [0, 0.05) is 27.9 Å². The number of pyridine rings is 1. The summed E-state index contributed by atoms with van der Waals surface area (Å²) in [6, 6.07) is 16.1. The van der Waals surface area contributed by atoms with E-state index in [4.69, 9.17) is 0 Å². The molecule has 0 amide bonds. The van der Waals surface area contributed by atoms with Gasteiger partial charge in [0.15, 0.2) is 0 Å². The molecule has 3 nitrogen and oxygen atoms in total. The molecule has 0 aliphatic rings. The number of fused-ring (bicyclic) bond motifs is 1. The first-order valence-electron chi connectivity index (χ1n) is 7.67. The van der Waals surface area contributed by atoms with E-state index in [0.29, 0.717) is 6.42 Å². The molecule has 1 unspecified atom stereocenters. The van der Waals surface area contributed by atoms with Crippen molar-refractivity contribution in [2.45, 2.75) is 18.6 Å². The molecule has 0 aliphatic carbocycles. The summed E-state index contributed by atoms with van der Waals surface area (Å²) in [5.74, 6) is 0. The van der Waals surface area contributed by atoms with Gasteiger partial charge in [0.25, 0.3) is 0 Å². The van der Waals surface area contributed by atoms with Crippen LogP contribution in [0.5, 0.6) is 0 Å². The third-order valence-electron chi connectivity index (χ3n) is 4.15. The summed E-state index contributed by atoms with van der Waals surface area (Å²) in [5, 5.41) is 0.604. The number of sulfone groups is 1. The van der Waals surface area contributed by atoms with Crippen LogP contribution in [0.3, 0.4) is 0 Å². The Labute approximate surface area is 150 Å². The minimum absolute atomic E-state index is 0.415. The molecule has 0 N–H and O–H groups in total. The first-order valence-corrected chi connectivity index (χ1v) is 10.4. The largest absolute Gasteiger partial charge is 0.256 e. The Kier molecular flexibility index (Phi) is 4.74. The standard InChI is InChI=1S/C19H18BrNO2S/c1-13(24(2,22)23)9-14-10-16-6-4-8-21-19(16)18(11-14)15-5-3-7-17(20)12-15/h3-8,10-13H,9H2,1-2H3. The Morgan fingerprint density at radius 1 is 1.12 bits per heavy atom. The number of halogens is 1. The zero-order valence-corrected chi connectivity index (χ0v) is 15.9. The average molecular weight is 404 g/mol. The second kappa shape index (κ2) is 6.65. The van der Waals surface area contributed by atoms with Crippen molar-refractivity contribution in [2.24, 2.45) is 0 Å². The summed E-state index contributed by atoms with van der Waals surface area (Å²) in [5.41, 5.74) is 4.00. The van der Waals surface area contributed by atoms with Crippen LogP contribution >= 0.6 is 15.9 Å². The van der Waals surface area contributed by atoms with E-state index in [-0.39, 0.29) is 0 Å². The molecule has 1 aromatic heterocycles. The SMILES string of the molecule is CC(Cc1cc(-c2cccc(Br)c2)c2ncccc2c1)S(C)(=O)=O. The number of aromatic nitrogens is 1. The fraction of sp³-hybridized carbons (Fsp3) is 0.211. The van der Waals surface area contributed by atoms with E-state index in [9.17, 15) is 8.42 Å². The Bertz CT molecular complexity index is 999. The molecule has 0 saturated carbocycles. The first-order chi connectivity index (χ1) is 11.3. The summed E-state index contributed by atoms with van der Waals surface area (Å²) in [6.07, 6.45) is 3.56. The molecule has 0 fully saturated rings. The second-order valence-corrected chi connectivity index (χ2v) is 9.45. The van der Waals surface area contributed by atoms with Crippen LogP contribution in [0, 0.1) is 0 Å². The smallest absolute Gasteiger partial charge is 0.150 e. The fourth-order valence-corrected chi connectivity index (χ4v) is 3.63. The van der Waals surface area contributed by atoms with Crippen LogP contribution in [0.2, 0.25) is 0 Å². The third-order valence-corrected chi connectivity index (χ3v) is 6.28. The first kappa shape index (κ1) is 17.1. The fourth-order valence-electron chi connectivity index (χ4n) is 2.73. The second-order valence-electron chi connectivity index (χ2n) is 6.07. The molecule has 5 heteroatoms. The van der Waals surface area contributed by atoms with E-state index in [1.54, 1.807) is 13.1 Å². The lowest BCUT2D eigenvalue weighted by Crippen LogP contribution is -2.18. The van der Waals surface area contributed by atoms with Crippen molar-refractivity contribution < 1.29 is 8.42 Å². The normalized spacial score (nSPS) is 13.1. The van der Waals surface area contributed by atoms with Crippen molar-refractivity contribution in [3.05, 3.63) is 64.8 Å². The van der Waals surface area contributed by atoms with Gasteiger partial charge in [-0.1, -0.05) is 34.1 Å². The van der Waals surface area contributed by atoms with Crippen molar-refractivity contribution in [1.29, 1.82) is 0 Å². The van der Waals surface area contributed by atoms with Gasteiger partial charge in [-0.3, -0.25) is 4.98 Å². The van der Waals surface area contributed by atoms with Crippen LogP contribution in [0.25, 0.3) is 22.0 Å². The van der Waals surface area contributed by atoms with Gasteiger partial charge in [0.05, 0.1) is 10.8 Å². The molecule has 0 saturated heterocycles. The Hall–Kier alpha value is -1.72. The third kappa shape index (κ3) is 3.68. The van der Waals surface area contributed by atoms with Crippen LogP contribution in [0.4, 0.5) is 0 Å². The predicted octanol–water partition coefficient (Wildman–Crippen LogP) is 4.64. The van der Waals surface area contributed by atoms with E-state index in [0.717, 1.165) is 32.1 Å². The minimum Gasteiger partial charge on any atom is -0.256 e. The highest BCUT2D eigenvalue weighted by molar-refractivity contribution is 9.10. The molecule has 3 rings (SSSR count). The molecule has 3 aromatic rings. The number of benzene rings is 2. The highest BCUT2D eigenvalue weighted by Crippen LogP contribution is 2.31. The molecule has 0 spiro atoms. The summed E-state index contributed by atoms with van der Waals surface area (Å²) < 4.78 is 24.6. The van der Waals surface area contributed by atoms with Crippen LogP contribution in [-0.4, -0.2) is 24.9 Å². The Balaban J connectivity index is 2.17. The molecule has 0 bridgehead atoms. The molecule has 1 heterocycles. The molecule has 0 aliphatic heterocycles. The number of hydrogen-bond donors (Lipinski definition) is 0. The van der Waals surface area contributed by atoms with Crippen molar-refractivity contribution in [1.82, 2.24) is 4.98 Å². The van der Waals surface area contributed by atoms with Crippen LogP contribution in [0.1, 0.15) is 12.5 Å². The van der Waals surface area contributed by atoms with Gasteiger partial charge in [-0.2, -0.15) is 0 Å². The van der Waals surface area contributed by atoms with Crippen molar-refractivity contribution in [3.8, 4) is 11.1 Å². The van der Waals surface area contributed by atoms with E-state index in [1.165, 1.54) is 6.26 Å². The Morgan fingerprint density at radius 2 is 1.92 bits per heavy atom.